The molecule has 0 radical (unpaired) electrons. The molecule has 0 bridgehead atoms. The molecule has 1 aliphatic rings. The molecule has 0 saturated heterocycles. The van der Waals surface area contributed by atoms with Crippen LogP contribution in [0.4, 0.5) is 0 Å². The highest BCUT2D eigenvalue weighted by atomic mass is 16.3. The van der Waals surface area contributed by atoms with E-state index in [9.17, 15) is 9.90 Å². The molecule has 4 heteroatoms. The fraction of sp³-hybridized carbons (Fsp3) is 0.941. The highest BCUT2D eigenvalue weighted by Gasteiger charge is 2.29. The first-order valence-corrected chi connectivity index (χ1v) is 8.38. The van der Waals surface area contributed by atoms with Gasteiger partial charge in [0.2, 0.25) is 5.91 Å². The van der Waals surface area contributed by atoms with Gasteiger partial charge < -0.3 is 14.9 Å². The molecule has 0 aromatic rings. The van der Waals surface area contributed by atoms with Crippen LogP contribution in [0, 0.1) is 11.8 Å². The van der Waals surface area contributed by atoms with Crippen molar-refractivity contribution in [2.24, 2.45) is 11.8 Å². The summed E-state index contributed by atoms with van der Waals surface area (Å²) in [7, 11) is 7.62. The van der Waals surface area contributed by atoms with Gasteiger partial charge >= 0.3 is 0 Å². The van der Waals surface area contributed by atoms with E-state index in [0.717, 1.165) is 12.3 Å². The maximum atomic E-state index is 12.0. The summed E-state index contributed by atoms with van der Waals surface area (Å²) in [5.41, 5.74) is 0. The number of aliphatic hydroxyl groups is 1. The minimum Gasteiger partial charge on any atom is -0.391 e. The Bertz CT molecular complexity index is 312. The van der Waals surface area contributed by atoms with Crippen LogP contribution in [-0.4, -0.2) is 61.2 Å². The number of aliphatic hydroxyl groups excluding tert-OH is 1. The zero-order valence-electron chi connectivity index (χ0n) is 14.5. The van der Waals surface area contributed by atoms with Crippen molar-refractivity contribution in [3.8, 4) is 0 Å². The summed E-state index contributed by atoms with van der Waals surface area (Å²) in [6, 6.07) is 0.158. The molecule has 0 spiro atoms. The van der Waals surface area contributed by atoms with Crippen LogP contribution >= 0.6 is 0 Å². The Morgan fingerprint density at radius 2 is 1.71 bits per heavy atom. The first-order chi connectivity index (χ1) is 9.82. The smallest absolute Gasteiger partial charge is 0.224 e. The third-order valence-electron chi connectivity index (χ3n) is 4.86. The van der Waals surface area contributed by atoms with Crippen LogP contribution in [0.3, 0.4) is 0 Å². The zero-order valence-corrected chi connectivity index (χ0v) is 14.5. The summed E-state index contributed by atoms with van der Waals surface area (Å²) in [4.78, 5) is 15.7. The second kappa shape index (κ2) is 8.74. The van der Waals surface area contributed by atoms with E-state index in [1.165, 1.54) is 32.1 Å². The quantitative estimate of drug-likeness (QED) is 0.785. The Morgan fingerprint density at radius 1 is 1.14 bits per heavy atom. The molecule has 0 aromatic carbocycles. The van der Waals surface area contributed by atoms with Crippen molar-refractivity contribution in [2.75, 3.05) is 28.2 Å². The average molecular weight is 298 g/mol. The summed E-state index contributed by atoms with van der Waals surface area (Å²) in [5.74, 6) is 0.716. The molecular weight excluding hydrogens is 264 g/mol. The van der Waals surface area contributed by atoms with Gasteiger partial charge in [0, 0.05) is 26.1 Å². The van der Waals surface area contributed by atoms with Gasteiger partial charge in [-0.05, 0) is 32.9 Å². The number of carbonyl (C=O) groups is 1. The van der Waals surface area contributed by atoms with Gasteiger partial charge in [-0.2, -0.15) is 0 Å². The Labute approximate surface area is 130 Å². The maximum absolute atomic E-state index is 12.0. The molecule has 1 N–H and O–H groups in total. The van der Waals surface area contributed by atoms with Gasteiger partial charge in [-0.3, -0.25) is 4.79 Å². The zero-order chi connectivity index (χ0) is 16.0. The van der Waals surface area contributed by atoms with E-state index in [-0.39, 0.29) is 17.9 Å². The monoisotopic (exact) mass is 298 g/mol. The van der Waals surface area contributed by atoms with E-state index in [1.54, 1.807) is 19.0 Å². The minimum absolute atomic E-state index is 0.101. The van der Waals surface area contributed by atoms with Crippen molar-refractivity contribution in [1.29, 1.82) is 0 Å². The molecule has 1 amide bonds. The van der Waals surface area contributed by atoms with Crippen molar-refractivity contribution < 1.29 is 9.90 Å². The van der Waals surface area contributed by atoms with Crippen LogP contribution < -0.4 is 0 Å². The van der Waals surface area contributed by atoms with Gasteiger partial charge in [0.05, 0.1) is 6.10 Å². The fourth-order valence-electron chi connectivity index (χ4n) is 3.54. The largest absolute Gasteiger partial charge is 0.391 e. The van der Waals surface area contributed by atoms with Crippen LogP contribution in [0.5, 0.6) is 0 Å². The van der Waals surface area contributed by atoms with Crippen molar-refractivity contribution in [3.63, 3.8) is 0 Å². The summed E-state index contributed by atoms with van der Waals surface area (Å²) in [6.07, 6.45) is 7.78. The third kappa shape index (κ3) is 5.95. The highest BCUT2D eigenvalue weighted by Crippen LogP contribution is 2.30. The summed E-state index contributed by atoms with van der Waals surface area (Å²) in [6.45, 7) is 1.92. The molecule has 0 aromatic heterocycles. The molecule has 1 fully saturated rings. The van der Waals surface area contributed by atoms with Crippen molar-refractivity contribution in [1.82, 2.24) is 9.80 Å². The lowest BCUT2D eigenvalue weighted by molar-refractivity contribution is -0.133. The molecule has 21 heavy (non-hydrogen) atoms. The predicted octanol–water partition coefficient (Wildman–Crippen LogP) is 2.36. The molecular formula is C17H34N2O2. The second-order valence-corrected chi connectivity index (χ2v) is 7.21. The van der Waals surface area contributed by atoms with Gasteiger partial charge in [-0.1, -0.05) is 39.0 Å². The predicted molar refractivity (Wildman–Crippen MR) is 87.1 cm³/mol. The molecule has 3 atom stereocenters. The van der Waals surface area contributed by atoms with E-state index in [2.05, 4.69) is 4.90 Å². The normalized spacial score (nSPS) is 21.1. The topological polar surface area (TPSA) is 43.8 Å². The Kier molecular flexibility index (Phi) is 7.67. The summed E-state index contributed by atoms with van der Waals surface area (Å²) < 4.78 is 0. The van der Waals surface area contributed by atoms with Gasteiger partial charge in [-0.25, -0.2) is 0 Å². The van der Waals surface area contributed by atoms with Crippen LogP contribution in [0.15, 0.2) is 0 Å². The van der Waals surface area contributed by atoms with Gasteiger partial charge in [0.15, 0.2) is 0 Å². The third-order valence-corrected chi connectivity index (χ3v) is 4.86. The Morgan fingerprint density at radius 3 is 2.19 bits per heavy atom. The number of carbonyl (C=O) groups excluding carboxylic acids is 1. The number of hydrogen-bond acceptors (Lipinski definition) is 3. The van der Waals surface area contributed by atoms with Crippen molar-refractivity contribution in [2.45, 2.75) is 64.0 Å². The molecule has 124 valence electrons. The van der Waals surface area contributed by atoms with Crippen LogP contribution in [0.1, 0.15) is 51.9 Å². The van der Waals surface area contributed by atoms with Crippen molar-refractivity contribution in [3.05, 3.63) is 0 Å². The molecule has 0 aliphatic heterocycles. The van der Waals surface area contributed by atoms with Crippen LogP contribution in [0.25, 0.3) is 0 Å². The highest BCUT2D eigenvalue weighted by molar-refractivity contribution is 5.77. The number of hydrogen-bond donors (Lipinski definition) is 1. The van der Waals surface area contributed by atoms with E-state index in [1.807, 2.05) is 21.0 Å². The number of likely N-dealkylation sites (N-methyl/N-ethyl adjacent to an activating group) is 1. The maximum Gasteiger partial charge on any atom is 0.224 e. The van der Waals surface area contributed by atoms with Crippen LogP contribution in [-0.2, 0) is 4.79 Å². The number of rotatable bonds is 7. The molecule has 4 nitrogen and oxygen atoms in total. The lowest BCUT2D eigenvalue weighted by atomic mass is 9.82. The molecule has 1 saturated carbocycles. The van der Waals surface area contributed by atoms with E-state index < -0.39 is 6.10 Å². The molecule has 1 rings (SSSR count). The van der Waals surface area contributed by atoms with Gasteiger partial charge in [-0.15, -0.1) is 0 Å². The van der Waals surface area contributed by atoms with Gasteiger partial charge in [0.1, 0.15) is 0 Å². The lowest BCUT2D eigenvalue weighted by Crippen LogP contribution is -2.43. The van der Waals surface area contributed by atoms with Crippen LogP contribution in [0.2, 0.25) is 0 Å². The number of nitrogens with zero attached hydrogens (tertiary/aromatic N) is 2. The van der Waals surface area contributed by atoms with Crippen molar-refractivity contribution >= 4 is 5.91 Å². The molecule has 0 heterocycles. The Hall–Kier alpha value is -0.610. The first kappa shape index (κ1) is 18.4. The molecule has 3 unspecified atom stereocenters. The van der Waals surface area contributed by atoms with E-state index in [0.29, 0.717) is 6.42 Å². The Balaban J connectivity index is 2.56. The molecule has 1 aliphatic carbocycles. The van der Waals surface area contributed by atoms with Gasteiger partial charge in [0.25, 0.3) is 0 Å². The van der Waals surface area contributed by atoms with E-state index >= 15 is 0 Å². The summed E-state index contributed by atoms with van der Waals surface area (Å²) >= 11 is 0. The van der Waals surface area contributed by atoms with E-state index in [4.69, 9.17) is 0 Å². The average Bonchev–Trinajstić information content (AvgIpc) is 2.44. The first-order valence-electron chi connectivity index (χ1n) is 8.38. The second-order valence-electron chi connectivity index (χ2n) is 7.21. The SMILES string of the molecule is CC(CC(O)C(CC1CCCCC1)N(C)C)C(=O)N(C)C. The number of amides is 1. The fourth-order valence-corrected chi connectivity index (χ4v) is 3.54. The standard InChI is InChI=1S/C17H34N2O2/c1-13(17(21)19(4)5)11-16(20)15(18(2)3)12-14-9-7-6-8-10-14/h13-16,20H,6-12H2,1-5H3. The minimum atomic E-state index is -0.430. The summed E-state index contributed by atoms with van der Waals surface area (Å²) in [5, 5.41) is 10.6. The lowest BCUT2D eigenvalue weighted by Gasteiger charge is -2.34.